The Bertz CT molecular complexity index is 393. The third kappa shape index (κ3) is 3.05. The molecule has 0 unspecified atom stereocenters. The lowest BCUT2D eigenvalue weighted by atomic mass is 10.1. The Kier molecular flexibility index (Phi) is 4.27. The fourth-order valence-electron chi connectivity index (χ4n) is 1.97. The number of ether oxygens (including phenoxy) is 1. The molecule has 7 heteroatoms. The van der Waals surface area contributed by atoms with Crippen LogP contribution in [0, 0.1) is 0 Å². The third-order valence-corrected chi connectivity index (χ3v) is 2.85. The van der Waals surface area contributed by atoms with Gasteiger partial charge in [0.15, 0.2) is 0 Å². The van der Waals surface area contributed by atoms with Gasteiger partial charge in [-0.05, 0) is 12.5 Å². The number of alkyl halides is 1. The summed E-state index contributed by atoms with van der Waals surface area (Å²) in [7, 11) is 0. The quantitative estimate of drug-likeness (QED) is 0.788. The van der Waals surface area contributed by atoms with Crippen LogP contribution in [0.15, 0.2) is 12.3 Å². The van der Waals surface area contributed by atoms with Gasteiger partial charge in [-0.25, -0.2) is 9.37 Å². The molecule has 0 saturated carbocycles. The largest absolute Gasteiger partial charge is 0.394 e. The van der Waals surface area contributed by atoms with Gasteiger partial charge in [-0.15, -0.1) is 0 Å². The second-order valence-corrected chi connectivity index (χ2v) is 4.17. The molecule has 0 aliphatic carbocycles. The number of nitrogen functional groups attached to an aromatic ring is 1. The second kappa shape index (κ2) is 5.92. The average molecular weight is 256 g/mol. The fourth-order valence-corrected chi connectivity index (χ4v) is 1.97. The van der Waals surface area contributed by atoms with Crippen molar-refractivity contribution in [1.82, 2.24) is 9.97 Å². The molecular weight excluding hydrogens is 239 g/mol. The van der Waals surface area contributed by atoms with Crippen molar-refractivity contribution < 1.29 is 14.2 Å². The standard InChI is InChI=1S/C11H17FN4O2/c12-8-7-16(4-2-9(8)18-6-5-17)11-14-3-1-10(13)15-11/h1,3,8-9,17H,2,4-7H2,(H2,13,14,15)/t8-,9+/m0/s1. The van der Waals surface area contributed by atoms with E-state index in [4.69, 9.17) is 15.6 Å². The van der Waals surface area contributed by atoms with Crippen molar-refractivity contribution in [3.63, 3.8) is 0 Å². The number of nitrogens with zero attached hydrogens (tertiary/aromatic N) is 3. The predicted molar refractivity (Wildman–Crippen MR) is 65.0 cm³/mol. The first-order valence-electron chi connectivity index (χ1n) is 5.90. The zero-order valence-corrected chi connectivity index (χ0v) is 10.00. The number of hydrogen-bond acceptors (Lipinski definition) is 6. The Morgan fingerprint density at radius 2 is 2.44 bits per heavy atom. The molecule has 1 fully saturated rings. The highest BCUT2D eigenvalue weighted by Crippen LogP contribution is 2.21. The molecule has 3 N–H and O–H groups in total. The summed E-state index contributed by atoms with van der Waals surface area (Å²) in [6.07, 6.45) is 0.517. The van der Waals surface area contributed by atoms with Gasteiger partial charge in [0.25, 0.3) is 0 Å². The van der Waals surface area contributed by atoms with E-state index in [1.807, 2.05) is 0 Å². The van der Waals surface area contributed by atoms with Gasteiger partial charge in [-0.2, -0.15) is 4.98 Å². The first-order valence-corrected chi connectivity index (χ1v) is 5.90. The number of piperidine rings is 1. The van der Waals surface area contributed by atoms with E-state index in [-0.39, 0.29) is 19.8 Å². The molecule has 0 aromatic carbocycles. The number of aromatic nitrogens is 2. The average Bonchev–Trinajstić information content (AvgIpc) is 2.37. The van der Waals surface area contributed by atoms with E-state index in [0.717, 1.165) is 0 Å². The fraction of sp³-hybridized carbons (Fsp3) is 0.636. The second-order valence-electron chi connectivity index (χ2n) is 4.17. The Balaban J connectivity index is 1.95. The van der Waals surface area contributed by atoms with Gasteiger partial charge in [-0.3, -0.25) is 0 Å². The first kappa shape index (κ1) is 13.0. The van der Waals surface area contributed by atoms with E-state index >= 15 is 0 Å². The van der Waals surface area contributed by atoms with E-state index in [1.165, 1.54) is 0 Å². The number of anilines is 2. The molecule has 1 aromatic rings. The molecular formula is C11H17FN4O2. The Morgan fingerprint density at radius 1 is 1.61 bits per heavy atom. The summed E-state index contributed by atoms with van der Waals surface area (Å²) < 4.78 is 19.1. The molecule has 2 atom stereocenters. The molecule has 1 aliphatic rings. The third-order valence-electron chi connectivity index (χ3n) is 2.85. The summed E-state index contributed by atoms with van der Waals surface area (Å²) in [5.41, 5.74) is 5.57. The molecule has 1 aromatic heterocycles. The number of hydrogen-bond donors (Lipinski definition) is 2. The van der Waals surface area contributed by atoms with Crippen LogP contribution >= 0.6 is 0 Å². The molecule has 0 bridgehead atoms. The minimum absolute atomic E-state index is 0.0920. The van der Waals surface area contributed by atoms with Crippen LogP contribution in [0.3, 0.4) is 0 Å². The van der Waals surface area contributed by atoms with E-state index in [9.17, 15) is 4.39 Å². The SMILES string of the molecule is Nc1ccnc(N2CC[C@@H](OCCO)[C@@H](F)C2)n1. The van der Waals surface area contributed by atoms with E-state index < -0.39 is 12.3 Å². The van der Waals surface area contributed by atoms with Crippen molar-refractivity contribution in [2.75, 3.05) is 36.9 Å². The van der Waals surface area contributed by atoms with Crippen LogP contribution in [0.5, 0.6) is 0 Å². The van der Waals surface area contributed by atoms with Crippen molar-refractivity contribution >= 4 is 11.8 Å². The summed E-state index contributed by atoms with van der Waals surface area (Å²) in [6, 6.07) is 1.59. The maximum atomic E-state index is 13.9. The summed E-state index contributed by atoms with van der Waals surface area (Å²) in [5.74, 6) is 0.812. The predicted octanol–water partition coefficient (Wildman–Crippen LogP) is -0.0155. The van der Waals surface area contributed by atoms with Crippen molar-refractivity contribution in [2.24, 2.45) is 0 Å². The highest BCUT2D eigenvalue weighted by Gasteiger charge is 2.30. The van der Waals surface area contributed by atoms with Gasteiger partial charge in [0.05, 0.1) is 25.9 Å². The Hall–Kier alpha value is -1.47. The van der Waals surface area contributed by atoms with E-state index in [0.29, 0.717) is 24.7 Å². The maximum Gasteiger partial charge on any atom is 0.227 e. The molecule has 6 nitrogen and oxygen atoms in total. The van der Waals surface area contributed by atoms with E-state index in [1.54, 1.807) is 17.2 Å². The summed E-state index contributed by atoms with van der Waals surface area (Å²) in [5, 5.41) is 8.65. The normalized spacial score (nSPS) is 24.2. The van der Waals surface area contributed by atoms with E-state index in [2.05, 4.69) is 9.97 Å². The molecule has 18 heavy (non-hydrogen) atoms. The summed E-state index contributed by atoms with van der Waals surface area (Å²) in [4.78, 5) is 9.89. The van der Waals surface area contributed by atoms with Crippen LogP contribution in [0.4, 0.5) is 16.2 Å². The zero-order chi connectivity index (χ0) is 13.0. The molecule has 0 amide bonds. The number of aliphatic hydroxyl groups excluding tert-OH is 1. The monoisotopic (exact) mass is 256 g/mol. The first-order chi connectivity index (χ1) is 8.70. The highest BCUT2D eigenvalue weighted by atomic mass is 19.1. The highest BCUT2D eigenvalue weighted by molar-refractivity contribution is 5.38. The summed E-state index contributed by atoms with van der Waals surface area (Å²) in [6.45, 7) is 0.866. The van der Waals surface area contributed by atoms with Gasteiger partial charge in [0.1, 0.15) is 12.0 Å². The lowest BCUT2D eigenvalue weighted by Gasteiger charge is -2.34. The van der Waals surface area contributed by atoms with Crippen molar-refractivity contribution in [3.05, 3.63) is 12.3 Å². The Labute approximate surface area is 105 Å². The topological polar surface area (TPSA) is 84.5 Å². The van der Waals surface area contributed by atoms with Gasteiger partial charge in [0, 0.05) is 12.7 Å². The Morgan fingerprint density at radius 3 is 3.11 bits per heavy atom. The van der Waals surface area contributed by atoms with Crippen LogP contribution < -0.4 is 10.6 Å². The van der Waals surface area contributed by atoms with Gasteiger partial charge < -0.3 is 20.5 Å². The maximum absolute atomic E-state index is 13.9. The summed E-state index contributed by atoms with van der Waals surface area (Å²) >= 11 is 0. The number of nitrogens with two attached hydrogens (primary N) is 1. The number of rotatable bonds is 4. The van der Waals surface area contributed by atoms with Gasteiger partial charge >= 0.3 is 0 Å². The molecule has 0 radical (unpaired) electrons. The van der Waals surface area contributed by atoms with Crippen molar-refractivity contribution in [1.29, 1.82) is 0 Å². The molecule has 1 saturated heterocycles. The lowest BCUT2D eigenvalue weighted by molar-refractivity contribution is -0.0262. The van der Waals surface area contributed by atoms with Crippen LogP contribution in [-0.2, 0) is 4.74 Å². The van der Waals surface area contributed by atoms with Crippen LogP contribution in [-0.4, -0.2) is 53.7 Å². The minimum Gasteiger partial charge on any atom is -0.394 e. The lowest BCUT2D eigenvalue weighted by Crippen LogP contribution is -2.46. The number of halogens is 1. The van der Waals surface area contributed by atoms with Crippen molar-refractivity contribution in [2.45, 2.75) is 18.7 Å². The number of aliphatic hydroxyl groups is 1. The van der Waals surface area contributed by atoms with Crippen molar-refractivity contribution in [3.8, 4) is 0 Å². The minimum atomic E-state index is -1.12. The molecule has 2 heterocycles. The smallest absolute Gasteiger partial charge is 0.227 e. The van der Waals surface area contributed by atoms with Crippen LogP contribution in [0.1, 0.15) is 6.42 Å². The van der Waals surface area contributed by atoms with Gasteiger partial charge in [0.2, 0.25) is 5.95 Å². The molecule has 2 rings (SSSR count). The molecule has 100 valence electrons. The van der Waals surface area contributed by atoms with Gasteiger partial charge in [-0.1, -0.05) is 0 Å². The molecule has 0 spiro atoms. The zero-order valence-electron chi connectivity index (χ0n) is 10.00. The van der Waals surface area contributed by atoms with Crippen LogP contribution in [0.25, 0.3) is 0 Å². The van der Waals surface area contributed by atoms with Crippen LogP contribution in [0.2, 0.25) is 0 Å². The molecule has 1 aliphatic heterocycles.